The van der Waals surface area contributed by atoms with Crippen LogP contribution in [-0.2, 0) is 0 Å². The summed E-state index contributed by atoms with van der Waals surface area (Å²) in [6.45, 7) is 3.38. The molecule has 0 atom stereocenters. The molecule has 0 aliphatic heterocycles. The van der Waals surface area contributed by atoms with Gasteiger partial charge in [-0.15, -0.1) is 0 Å². The summed E-state index contributed by atoms with van der Waals surface area (Å²) in [6.07, 6.45) is 0. The molecule has 2 rings (SSSR count). The van der Waals surface area contributed by atoms with Crippen LogP contribution in [0.5, 0.6) is 11.6 Å². The second-order valence-corrected chi connectivity index (χ2v) is 4.42. The van der Waals surface area contributed by atoms with Gasteiger partial charge in [0.05, 0.1) is 4.92 Å². The number of aryl methyl sites for hydroxylation is 2. The van der Waals surface area contributed by atoms with Crippen molar-refractivity contribution in [1.82, 2.24) is 4.98 Å². The Morgan fingerprint density at radius 2 is 1.90 bits per heavy atom. The smallest absolute Gasteiger partial charge is 0.341 e. The van der Waals surface area contributed by atoms with Gasteiger partial charge in [-0.1, -0.05) is 0 Å². The Morgan fingerprint density at radius 3 is 2.43 bits per heavy atom. The van der Waals surface area contributed by atoms with Gasteiger partial charge in [0.1, 0.15) is 11.3 Å². The number of nitro groups is 1. The molecule has 0 spiro atoms. The van der Waals surface area contributed by atoms with Crippen LogP contribution in [0.15, 0.2) is 30.3 Å². The van der Waals surface area contributed by atoms with Crippen LogP contribution in [-0.4, -0.2) is 21.0 Å². The number of aromatic nitrogens is 1. The van der Waals surface area contributed by atoms with E-state index in [-0.39, 0.29) is 22.9 Å². The zero-order valence-corrected chi connectivity index (χ0v) is 11.4. The Hall–Kier alpha value is -2.96. The number of carbonyl (C=O) groups is 1. The van der Waals surface area contributed by atoms with E-state index in [2.05, 4.69) is 4.98 Å². The van der Waals surface area contributed by atoms with E-state index in [0.717, 1.165) is 0 Å². The van der Waals surface area contributed by atoms with Crippen LogP contribution in [0.3, 0.4) is 0 Å². The number of hydrogen-bond donors (Lipinski definition) is 1. The molecule has 21 heavy (non-hydrogen) atoms. The molecule has 0 saturated carbocycles. The Morgan fingerprint density at radius 1 is 1.29 bits per heavy atom. The molecular weight excluding hydrogens is 276 g/mol. The lowest BCUT2D eigenvalue weighted by molar-refractivity contribution is -0.384. The van der Waals surface area contributed by atoms with E-state index in [9.17, 15) is 20.0 Å². The highest BCUT2D eigenvalue weighted by atomic mass is 16.6. The number of pyridine rings is 1. The molecule has 1 aromatic heterocycles. The topological polar surface area (TPSA) is 103 Å². The zero-order valence-electron chi connectivity index (χ0n) is 11.4. The second-order valence-electron chi connectivity index (χ2n) is 4.42. The van der Waals surface area contributed by atoms with Crippen molar-refractivity contribution in [3.05, 3.63) is 57.3 Å². The summed E-state index contributed by atoms with van der Waals surface area (Å²) >= 11 is 0. The number of rotatable bonds is 4. The van der Waals surface area contributed by atoms with Gasteiger partial charge in [-0.3, -0.25) is 10.1 Å². The molecule has 1 aromatic carbocycles. The maximum absolute atomic E-state index is 11.3. The van der Waals surface area contributed by atoms with Crippen molar-refractivity contribution in [1.29, 1.82) is 0 Å². The minimum Gasteiger partial charge on any atom is -0.477 e. The predicted molar refractivity (Wildman–Crippen MR) is 73.8 cm³/mol. The summed E-state index contributed by atoms with van der Waals surface area (Å²) < 4.78 is 5.45. The number of benzene rings is 1. The average Bonchev–Trinajstić information content (AvgIpc) is 2.37. The van der Waals surface area contributed by atoms with Crippen molar-refractivity contribution < 1.29 is 19.6 Å². The van der Waals surface area contributed by atoms with Crippen LogP contribution in [0.25, 0.3) is 0 Å². The third-order valence-electron chi connectivity index (χ3n) is 2.79. The Kier molecular flexibility index (Phi) is 3.84. The number of carboxylic acid groups (broad SMARTS) is 1. The van der Waals surface area contributed by atoms with Crippen molar-refractivity contribution >= 4 is 11.7 Å². The molecule has 1 N–H and O–H groups in total. The van der Waals surface area contributed by atoms with Crippen molar-refractivity contribution in [3.8, 4) is 11.6 Å². The van der Waals surface area contributed by atoms with Crippen LogP contribution in [0.4, 0.5) is 5.69 Å². The van der Waals surface area contributed by atoms with E-state index in [1.807, 2.05) is 0 Å². The third-order valence-corrected chi connectivity index (χ3v) is 2.79. The summed E-state index contributed by atoms with van der Waals surface area (Å²) in [5, 5.41) is 19.8. The lowest BCUT2D eigenvalue weighted by Crippen LogP contribution is -2.06. The molecule has 0 radical (unpaired) electrons. The summed E-state index contributed by atoms with van der Waals surface area (Å²) in [5.41, 5.74) is 1.05. The molecule has 7 nitrogen and oxygen atoms in total. The number of nitro benzene ring substituents is 1. The van der Waals surface area contributed by atoms with Crippen molar-refractivity contribution in [2.45, 2.75) is 13.8 Å². The molecule has 0 aliphatic carbocycles. The first-order valence-electron chi connectivity index (χ1n) is 6.02. The SMILES string of the molecule is Cc1cc(C)c(C(=O)O)c(Oc2ccc([N+](=O)[O-])cc2)n1. The van der Waals surface area contributed by atoms with Gasteiger partial charge in [-0.25, -0.2) is 9.78 Å². The summed E-state index contributed by atoms with van der Waals surface area (Å²) in [4.78, 5) is 25.4. The second kappa shape index (κ2) is 5.58. The van der Waals surface area contributed by atoms with E-state index in [1.54, 1.807) is 19.9 Å². The van der Waals surface area contributed by atoms with Gasteiger partial charge in [0.15, 0.2) is 0 Å². The molecule has 0 fully saturated rings. The number of aromatic carboxylic acids is 1. The van der Waals surface area contributed by atoms with Crippen molar-refractivity contribution in [2.75, 3.05) is 0 Å². The monoisotopic (exact) mass is 288 g/mol. The lowest BCUT2D eigenvalue weighted by Gasteiger charge is -2.10. The predicted octanol–water partition coefficient (Wildman–Crippen LogP) is 3.10. The number of nitrogens with zero attached hydrogens (tertiary/aromatic N) is 2. The van der Waals surface area contributed by atoms with E-state index in [0.29, 0.717) is 11.3 Å². The highest BCUT2D eigenvalue weighted by Gasteiger charge is 2.18. The largest absolute Gasteiger partial charge is 0.477 e. The normalized spacial score (nSPS) is 10.2. The van der Waals surface area contributed by atoms with Crippen molar-refractivity contribution in [3.63, 3.8) is 0 Å². The van der Waals surface area contributed by atoms with Crippen LogP contribution >= 0.6 is 0 Å². The quantitative estimate of drug-likeness (QED) is 0.685. The standard InChI is InChI=1S/C14H12N2O5/c1-8-7-9(2)15-13(12(8)14(17)18)21-11-5-3-10(4-6-11)16(19)20/h3-7H,1-2H3,(H,17,18). The first kappa shape index (κ1) is 14.4. The maximum Gasteiger partial charge on any atom is 0.341 e. The Labute approximate surface area is 120 Å². The molecule has 108 valence electrons. The van der Waals surface area contributed by atoms with E-state index in [4.69, 9.17) is 4.74 Å². The highest BCUT2D eigenvalue weighted by molar-refractivity contribution is 5.92. The molecule has 1 heterocycles. The number of ether oxygens (including phenoxy) is 1. The molecule has 0 aliphatic rings. The van der Waals surface area contributed by atoms with Gasteiger partial charge in [-0.05, 0) is 37.6 Å². The summed E-state index contributed by atoms with van der Waals surface area (Å²) in [6, 6.07) is 6.98. The van der Waals surface area contributed by atoms with Gasteiger partial charge in [-0.2, -0.15) is 0 Å². The maximum atomic E-state index is 11.3. The summed E-state index contributed by atoms with van der Waals surface area (Å²) in [5.74, 6) is -0.897. The summed E-state index contributed by atoms with van der Waals surface area (Å²) in [7, 11) is 0. The third kappa shape index (κ3) is 3.14. The number of hydrogen-bond acceptors (Lipinski definition) is 5. The highest BCUT2D eigenvalue weighted by Crippen LogP contribution is 2.27. The average molecular weight is 288 g/mol. The van der Waals surface area contributed by atoms with E-state index >= 15 is 0 Å². The van der Waals surface area contributed by atoms with Gasteiger partial charge in [0.25, 0.3) is 5.69 Å². The molecule has 2 aromatic rings. The van der Waals surface area contributed by atoms with Crippen molar-refractivity contribution in [2.24, 2.45) is 0 Å². The lowest BCUT2D eigenvalue weighted by atomic mass is 10.1. The fraction of sp³-hybridized carbons (Fsp3) is 0.143. The molecule has 0 saturated heterocycles. The van der Waals surface area contributed by atoms with E-state index in [1.165, 1.54) is 24.3 Å². The van der Waals surface area contributed by atoms with E-state index < -0.39 is 10.9 Å². The molecule has 0 bridgehead atoms. The van der Waals surface area contributed by atoms with Crippen LogP contribution in [0, 0.1) is 24.0 Å². The first-order valence-corrected chi connectivity index (χ1v) is 6.02. The van der Waals surface area contributed by atoms with Gasteiger partial charge in [0.2, 0.25) is 5.88 Å². The van der Waals surface area contributed by atoms with Gasteiger partial charge >= 0.3 is 5.97 Å². The number of non-ortho nitro benzene ring substituents is 1. The van der Waals surface area contributed by atoms with Crippen LogP contribution < -0.4 is 4.74 Å². The molecule has 0 amide bonds. The molecule has 7 heteroatoms. The van der Waals surface area contributed by atoms with Gasteiger partial charge < -0.3 is 9.84 Å². The van der Waals surface area contributed by atoms with Crippen LogP contribution in [0.1, 0.15) is 21.6 Å². The van der Waals surface area contributed by atoms with Crippen LogP contribution in [0.2, 0.25) is 0 Å². The minimum absolute atomic E-state index is 0.0287. The fourth-order valence-electron chi connectivity index (χ4n) is 1.88. The molecular formula is C14H12N2O5. The zero-order chi connectivity index (χ0) is 15.6. The molecule has 0 unspecified atom stereocenters. The minimum atomic E-state index is -1.14. The number of carboxylic acids is 1. The van der Waals surface area contributed by atoms with Gasteiger partial charge in [0, 0.05) is 17.8 Å². The first-order chi connectivity index (χ1) is 9.88. The Balaban J connectivity index is 2.39. The fourth-order valence-corrected chi connectivity index (χ4v) is 1.88. The Bertz CT molecular complexity index is 710.